The van der Waals surface area contributed by atoms with Gasteiger partial charge < -0.3 is 10.1 Å². The van der Waals surface area contributed by atoms with Gasteiger partial charge in [-0.05, 0) is 58.3 Å². The molecule has 19 heavy (non-hydrogen) atoms. The van der Waals surface area contributed by atoms with E-state index < -0.39 is 0 Å². The van der Waals surface area contributed by atoms with Crippen LogP contribution in [0.25, 0.3) is 0 Å². The predicted molar refractivity (Wildman–Crippen MR) is 78.4 cm³/mol. The van der Waals surface area contributed by atoms with Crippen molar-refractivity contribution in [3.63, 3.8) is 0 Å². The number of piperidine rings is 1. The Morgan fingerprint density at radius 1 is 1.05 bits per heavy atom. The average molecular weight is 266 g/mol. The molecule has 2 unspecified atom stereocenters. The molecule has 3 fully saturated rings. The Labute approximate surface area is 118 Å². The second-order valence-electron chi connectivity index (χ2n) is 7.11. The Hall–Kier alpha value is -0.120. The van der Waals surface area contributed by atoms with Gasteiger partial charge in [0, 0.05) is 43.9 Å². The Kier molecular flexibility index (Phi) is 4.45. The first-order chi connectivity index (χ1) is 9.22. The summed E-state index contributed by atoms with van der Waals surface area (Å²) in [6, 6.07) is 3.12. The predicted octanol–water partition coefficient (Wildman–Crippen LogP) is 2.41. The Morgan fingerprint density at radius 3 is 2.26 bits per heavy atom. The number of ether oxygens (including phenoxy) is 1. The van der Waals surface area contributed by atoms with Gasteiger partial charge in [0.05, 0.1) is 0 Å². The first-order valence-electron chi connectivity index (χ1n) is 8.32. The third-order valence-corrected chi connectivity index (χ3v) is 5.39. The van der Waals surface area contributed by atoms with Crippen LogP contribution in [0.4, 0.5) is 0 Å². The Morgan fingerprint density at radius 2 is 1.68 bits per heavy atom. The maximum absolute atomic E-state index is 5.50. The first-order valence-corrected chi connectivity index (χ1v) is 8.32. The van der Waals surface area contributed by atoms with Crippen molar-refractivity contribution in [2.24, 2.45) is 5.92 Å². The number of hydrogen-bond acceptors (Lipinski definition) is 3. The fraction of sp³-hybridized carbons (Fsp3) is 1.00. The minimum Gasteiger partial charge on any atom is -0.381 e. The summed E-state index contributed by atoms with van der Waals surface area (Å²) in [6.45, 7) is 8.01. The van der Waals surface area contributed by atoms with Crippen LogP contribution in [0.5, 0.6) is 0 Å². The molecule has 1 N–H and O–H groups in total. The van der Waals surface area contributed by atoms with Gasteiger partial charge >= 0.3 is 0 Å². The molecule has 0 radical (unpaired) electrons. The summed E-state index contributed by atoms with van der Waals surface area (Å²) < 4.78 is 5.50. The van der Waals surface area contributed by atoms with E-state index >= 15 is 0 Å². The molecule has 3 nitrogen and oxygen atoms in total. The molecule has 3 aliphatic rings. The van der Waals surface area contributed by atoms with Crippen molar-refractivity contribution in [3.8, 4) is 0 Å². The third kappa shape index (κ3) is 3.32. The second-order valence-corrected chi connectivity index (χ2v) is 7.11. The largest absolute Gasteiger partial charge is 0.381 e. The van der Waals surface area contributed by atoms with Crippen molar-refractivity contribution in [3.05, 3.63) is 0 Å². The number of nitrogens with one attached hydrogen (secondary N) is 1. The van der Waals surface area contributed by atoms with E-state index in [1.807, 2.05) is 0 Å². The zero-order valence-electron chi connectivity index (χ0n) is 12.6. The van der Waals surface area contributed by atoms with E-state index in [2.05, 4.69) is 24.1 Å². The summed E-state index contributed by atoms with van der Waals surface area (Å²) >= 11 is 0. The van der Waals surface area contributed by atoms with Crippen LogP contribution in [0.3, 0.4) is 0 Å². The van der Waals surface area contributed by atoms with Crippen LogP contribution in [0, 0.1) is 5.92 Å². The van der Waals surface area contributed by atoms with E-state index in [1.165, 1.54) is 45.1 Å². The van der Waals surface area contributed by atoms with Gasteiger partial charge in [-0.15, -0.1) is 0 Å². The smallest absolute Gasteiger partial charge is 0.0469 e. The van der Waals surface area contributed by atoms with Gasteiger partial charge in [0.2, 0.25) is 0 Å². The molecule has 2 atom stereocenters. The van der Waals surface area contributed by atoms with Gasteiger partial charge in [-0.3, -0.25) is 4.90 Å². The van der Waals surface area contributed by atoms with Gasteiger partial charge in [0.1, 0.15) is 0 Å². The molecular weight excluding hydrogens is 236 g/mol. The zero-order valence-corrected chi connectivity index (χ0v) is 12.6. The van der Waals surface area contributed by atoms with E-state index in [0.29, 0.717) is 6.04 Å². The fourth-order valence-corrected chi connectivity index (χ4v) is 4.31. The minimum atomic E-state index is 0.686. The molecule has 110 valence electrons. The van der Waals surface area contributed by atoms with Crippen LogP contribution < -0.4 is 5.32 Å². The minimum absolute atomic E-state index is 0.686. The molecule has 2 bridgehead atoms. The van der Waals surface area contributed by atoms with E-state index in [9.17, 15) is 0 Å². The lowest BCUT2D eigenvalue weighted by atomic mass is 9.93. The van der Waals surface area contributed by atoms with E-state index in [4.69, 9.17) is 4.74 Å². The van der Waals surface area contributed by atoms with Gasteiger partial charge in [-0.25, -0.2) is 0 Å². The monoisotopic (exact) mass is 266 g/mol. The van der Waals surface area contributed by atoms with E-state index in [1.54, 1.807) is 0 Å². The quantitative estimate of drug-likeness (QED) is 0.845. The van der Waals surface area contributed by atoms with E-state index in [0.717, 1.165) is 37.3 Å². The van der Waals surface area contributed by atoms with Crippen LogP contribution in [0.1, 0.15) is 52.4 Å². The molecule has 0 amide bonds. The summed E-state index contributed by atoms with van der Waals surface area (Å²) in [5.41, 5.74) is 0. The molecule has 3 heterocycles. The van der Waals surface area contributed by atoms with Gasteiger partial charge in [-0.1, -0.05) is 0 Å². The lowest BCUT2D eigenvalue weighted by Crippen LogP contribution is -2.52. The average Bonchev–Trinajstić information content (AvgIpc) is 2.76. The SMILES string of the molecule is CC(C)N(CC1CCOCC1)C1CC2CCC(C1)N2. The summed E-state index contributed by atoms with van der Waals surface area (Å²) in [4.78, 5) is 2.81. The van der Waals surface area contributed by atoms with Crippen LogP contribution in [-0.4, -0.2) is 48.8 Å². The molecule has 3 saturated heterocycles. The van der Waals surface area contributed by atoms with Crippen molar-refractivity contribution in [1.82, 2.24) is 10.2 Å². The van der Waals surface area contributed by atoms with Crippen LogP contribution in [0.2, 0.25) is 0 Å². The number of fused-ring (bicyclic) bond motifs is 2. The highest BCUT2D eigenvalue weighted by atomic mass is 16.5. The maximum atomic E-state index is 5.50. The highest BCUT2D eigenvalue weighted by molar-refractivity contribution is 4.96. The van der Waals surface area contributed by atoms with Gasteiger partial charge in [0.25, 0.3) is 0 Å². The zero-order chi connectivity index (χ0) is 13.2. The second kappa shape index (κ2) is 6.11. The molecule has 0 aromatic rings. The molecule has 0 aliphatic carbocycles. The Bertz CT molecular complexity index is 276. The van der Waals surface area contributed by atoms with Crippen molar-refractivity contribution in [2.45, 2.75) is 76.5 Å². The number of hydrogen-bond donors (Lipinski definition) is 1. The van der Waals surface area contributed by atoms with Crippen molar-refractivity contribution >= 4 is 0 Å². The van der Waals surface area contributed by atoms with Crippen molar-refractivity contribution < 1.29 is 4.74 Å². The van der Waals surface area contributed by atoms with Crippen LogP contribution >= 0.6 is 0 Å². The maximum Gasteiger partial charge on any atom is 0.0469 e. The summed E-state index contributed by atoms with van der Waals surface area (Å²) in [5.74, 6) is 0.865. The Balaban J connectivity index is 1.60. The van der Waals surface area contributed by atoms with Gasteiger partial charge in [0.15, 0.2) is 0 Å². The number of rotatable bonds is 4. The molecule has 0 saturated carbocycles. The van der Waals surface area contributed by atoms with Crippen molar-refractivity contribution in [1.29, 1.82) is 0 Å². The van der Waals surface area contributed by atoms with E-state index in [-0.39, 0.29) is 0 Å². The lowest BCUT2D eigenvalue weighted by molar-refractivity contribution is 0.0292. The van der Waals surface area contributed by atoms with Gasteiger partial charge in [-0.2, -0.15) is 0 Å². The molecule has 0 aromatic heterocycles. The normalized spacial score (nSPS) is 36.3. The summed E-state index contributed by atoms with van der Waals surface area (Å²) in [6.07, 6.45) is 8.09. The highest BCUT2D eigenvalue weighted by Gasteiger charge is 2.37. The number of nitrogens with zero attached hydrogens (tertiary/aromatic N) is 1. The van der Waals surface area contributed by atoms with Crippen molar-refractivity contribution in [2.75, 3.05) is 19.8 Å². The first kappa shape index (κ1) is 13.8. The summed E-state index contributed by atoms with van der Waals surface area (Å²) in [5, 5.41) is 3.77. The molecule has 3 aliphatic heterocycles. The lowest BCUT2D eigenvalue weighted by Gasteiger charge is -2.42. The molecule has 3 rings (SSSR count). The third-order valence-electron chi connectivity index (χ3n) is 5.39. The molecule has 3 heteroatoms. The van der Waals surface area contributed by atoms with Crippen LogP contribution in [-0.2, 0) is 4.74 Å². The molecule has 0 aromatic carbocycles. The molecular formula is C16H30N2O. The topological polar surface area (TPSA) is 24.5 Å². The summed E-state index contributed by atoms with van der Waals surface area (Å²) in [7, 11) is 0. The fourth-order valence-electron chi connectivity index (χ4n) is 4.31. The highest BCUT2D eigenvalue weighted by Crippen LogP contribution is 2.31. The molecule has 0 spiro atoms. The van der Waals surface area contributed by atoms with Crippen LogP contribution in [0.15, 0.2) is 0 Å². The standard InChI is InChI=1S/C16H30N2O/c1-12(2)18(11-13-5-7-19-8-6-13)16-9-14-3-4-15(10-16)17-14/h12-17H,3-11H2,1-2H3.